The van der Waals surface area contributed by atoms with Crippen LogP contribution in [-0.2, 0) is 11.8 Å². The third-order valence-electron chi connectivity index (χ3n) is 5.43. The quantitative estimate of drug-likeness (QED) is 0.651. The minimum absolute atomic E-state index is 0.0796. The number of para-hydroxylation sites is 1. The van der Waals surface area contributed by atoms with Crippen molar-refractivity contribution in [1.29, 1.82) is 5.26 Å². The first-order valence-corrected chi connectivity index (χ1v) is 10.1. The third-order valence-corrected chi connectivity index (χ3v) is 5.43. The molecule has 1 saturated heterocycles. The number of anilines is 1. The van der Waals surface area contributed by atoms with Crippen molar-refractivity contribution in [2.24, 2.45) is 7.05 Å². The highest BCUT2D eigenvalue weighted by atomic mass is 16.5. The van der Waals surface area contributed by atoms with Crippen LogP contribution in [0.2, 0.25) is 0 Å². The third kappa shape index (κ3) is 3.87. The van der Waals surface area contributed by atoms with Crippen molar-refractivity contribution in [2.45, 2.75) is 25.6 Å². The van der Waals surface area contributed by atoms with Crippen molar-refractivity contribution in [1.82, 2.24) is 9.55 Å². The second kappa shape index (κ2) is 8.56. The highest BCUT2D eigenvalue weighted by Gasteiger charge is 2.32. The summed E-state index contributed by atoms with van der Waals surface area (Å²) in [7, 11) is 1.71. The molecule has 2 atom stereocenters. The molecule has 1 aliphatic heterocycles. The van der Waals surface area contributed by atoms with E-state index >= 15 is 0 Å². The number of fused-ring (bicyclic) bond motifs is 1. The van der Waals surface area contributed by atoms with Gasteiger partial charge >= 0.3 is 0 Å². The predicted molar refractivity (Wildman–Crippen MR) is 115 cm³/mol. The molecule has 2 aromatic heterocycles. The van der Waals surface area contributed by atoms with E-state index in [2.05, 4.69) is 16.0 Å². The summed E-state index contributed by atoms with van der Waals surface area (Å²) in [5.41, 5.74) is 2.29. The van der Waals surface area contributed by atoms with E-state index in [0.29, 0.717) is 36.4 Å². The van der Waals surface area contributed by atoms with Gasteiger partial charge in [-0.15, -0.1) is 0 Å². The lowest BCUT2D eigenvalue weighted by atomic mass is 10.0. The van der Waals surface area contributed by atoms with Gasteiger partial charge < -0.3 is 18.9 Å². The average Bonchev–Trinajstić information content (AvgIpc) is 2.78. The lowest BCUT2D eigenvalue weighted by Crippen LogP contribution is -2.50. The van der Waals surface area contributed by atoms with Gasteiger partial charge in [0.25, 0.3) is 5.56 Å². The number of hydrogen-bond donors (Lipinski definition) is 0. The predicted octanol–water partition coefficient (Wildman–Crippen LogP) is 2.87. The zero-order chi connectivity index (χ0) is 21.1. The molecule has 7 nitrogen and oxygen atoms in total. The maximum Gasteiger partial charge on any atom is 0.252 e. The summed E-state index contributed by atoms with van der Waals surface area (Å²) < 4.78 is 13.8. The van der Waals surface area contributed by atoms with E-state index in [0.717, 1.165) is 17.9 Å². The Morgan fingerprint density at radius 3 is 2.73 bits per heavy atom. The molecular formula is C23H24N4O3. The Hall–Kier alpha value is -3.37. The first kappa shape index (κ1) is 19.9. The second-order valence-corrected chi connectivity index (χ2v) is 7.30. The molecule has 0 aliphatic carbocycles. The van der Waals surface area contributed by atoms with Gasteiger partial charge in [0.1, 0.15) is 35.2 Å². The summed E-state index contributed by atoms with van der Waals surface area (Å²) in [6.07, 6.45) is 0.514. The van der Waals surface area contributed by atoms with Crippen LogP contribution >= 0.6 is 0 Å². The largest absolute Gasteiger partial charge is 0.488 e. The standard InChI is InChI=1S/C23H24N4O3/c1-3-29-21-15-27(12-11-20(21)30-17-7-5-4-6-8-17)19-13-22(28)26(2)18-10-9-16(14-24)25-23(18)19/h4-10,13,20-21H,3,11-12,15H2,1-2H3. The molecule has 3 heterocycles. The summed E-state index contributed by atoms with van der Waals surface area (Å²) in [4.78, 5) is 19.2. The topological polar surface area (TPSA) is 80.4 Å². The molecule has 2 unspecified atom stereocenters. The lowest BCUT2D eigenvalue weighted by Gasteiger charge is -2.39. The Balaban J connectivity index is 1.67. The second-order valence-electron chi connectivity index (χ2n) is 7.30. The first-order valence-electron chi connectivity index (χ1n) is 10.1. The number of aromatic nitrogens is 2. The normalized spacial score (nSPS) is 18.9. The van der Waals surface area contributed by atoms with Crippen molar-refractivity contribution >= 4 is 16.7 Å². The molecule has 1 fully saturated rings. The first-order chi connectivity index (χ1) is 14.6. The molecule has 154 valence electrons. The van der Waals surface area contributed by atoms with E-state index in [1.807, 2.05) is 37.3 Å². The minimum atomic E-state index is -0.151. The van der Waals surface area contributed by atoms with Gasteiger partial charge in [-0.2, -0.15) is 5.26 Å². The highest BCUT2D eigenvalue weighted by Crippen LogP contribution is 2.29. The molecule has 0 bridgehead atoms. The maximum absolute atomic E-state index is 12.6. The van der Waals surface area contributed by atoms with E-state index in [4.69, 9.17) is 9.47 Å². The number of benzene rings is 1. The van der Waals surface area contributed by atoms with E-state index in [9.17, 15) is 10.1 Å². The van der Waals surface area contributed by atoms with Gasteiger partial charge in [0.2, 0.25) is 0 Å². The number of nitrogens with zero attached hydrogens (tertiary/aromatic N) is 4. The lowest BCUT2D eigenvalue weighted by molar-refractivity contribution is -0.0279. The number of rotatable bonds is 5. The van der Waals surface area contributed by atoms with Crippen LogP contribution in [0.15, 0.2) is 53.3 Å². The molecule has 3 aromatic rings. The Bertz CT molecular complexity index is 1140. The van der Waals surface area contributed by atoms with Gasteiger partial charge in [-0.05, 0) is 31.2 Å². The van der Waals surface area contributed by atoms with Crippen molar-refractivity contribution in [3.8, 4) is 11.8 Å². The molecule has 1 aliphatic rings. The summed E-state index contributed by atoms with van der Waals surface area (Å²) in [5.74, 6) is 0.819. The van der Waals surface area contributed by atoms with Gasteiger partial charge in [-0.3, -0.25) is 4.79 Å². The summed E-state index contributed by atoms with van der Waals surface area (Å²) >= 11 is 0. The fourth-order valence-corrected chi connectivity index (χ4v) is 3.91. The number of nitriles is 1. The van der Waals surface area contributed by atoms with Crippen LogP contribution in [0.3, 0.4) is 0 Å². The summed E-state index contributed by atoms with van der Waals surface area (Å²) in [6, 6.07) is 16.8. The van der Waals surface area contributed by atoms with E-state index in [1.54, 1.807) is 29.8 Å². The van der Waals surface area contributed by atoms with Gasteiger partial charge in [0.05, 0.1) is 11.2 Å². The zero-order valence-electron chi connectivity index (χ0n) is 17.1. The molecule has 0 spiro atoms. The van der Waals surface area contributed by atoms with Gasteiger partial charge in [-0.1, -0.05) is 18.2 Å². The Kier molecular flexibility index (Phi) is 5.68. The Labute approximate surface area is 175 Å². The van der Waals surface area contributed by atoms with Gasteiger partial charge in [-0.25, -0.2) is 4.98 Å². The number of hydrogen-bond acceptors (Lipinski definition) is 6. The van der Waals surface area contributed by atoms with Crippen LogP contribution in [0, 0.1) is 11.3 Å². The Morgan fingerprint density at radius 1 is 1.20 bits per heavy atom. The van der Waals surface area contributed by atoms with Crippen molar-refractivity contribution in [2.75, 3.05) is 24.6 Å². The number of aryl methyl sites for hydroxylation is 1. The number of pyridine rings is 2. The van der Waals surface area contributed by atoms with Crippen LogP contribution < -0.4 is 15.2 Å². The van der Waals surface area contributed by atoms with E-state index in [-0.39, 0.29) is 17.8 Å². The van der Waals surface area contributed by atoms with Crippen LogP contribution in [0.5, 0.6) is 5.75 Å². The van der Waals surface area contributed by atoms with Gasteiger partial charge in [0, 0.05) is 39.2 Å². The molecule has 7 heteroatoms. The molecule has 0 radical (unpaired) electrons. The molecular weight excluding hydrogens is 380 g/mol. The average molecular weight is 404 g/mol. The monoisotopic (exact) mass is 404 g/mol. The minimum Gasteiger partial charge on any atom is -0.488 e. The van der Waals surface area contributed by atoms with Crippen molar-refractivity contribution < 1.29 is 9.47 Å². The molecule has 4 rings (SSSR count). The fourth-order valence-electron chi connectivity index (χ4n) is 3.91. The molecule has 1 aromatic carbocycles. The SMILES string of the molecule is CCOC1CN(c2cc(=O)n(C)c3ccc(C#N)nc23)CCC1Oc1ccccc1. The Morgan fingerprint density at radius 2 is 2.00 bits per heavy atom. The van der Waals surface area contributed by atoms with Crippen LogP contribution in [-0.4, -0.2) is 41.5 Å². The molecule has 0 amide bonds. The highest BCUT2D eigenvalue weighted by molar-refractivity contribution is 5.88. The van der Waals surface area contributed by atoms with E-state index < -0.39 is 0 Å². The van der Waals surface area contributed by atoms with Crippen LogP contribution in [0.1, 0.15) is 19.0 Å². The maximum atomic E-state index is 12.6. The van der Waals surface area contributed by atoms with Crippen LogP contribution in [0.25, 0.3) is 11.0 Å². The zero-order valence-corrected chi connectivity index (χ0v) is 17.1. The number of piperidine rings is 1. The summed E-state index contributed by atoms with van der Waals surface area (Å²) in [5, 5.41) is 9.28. The summed E-state index contributed by atoms with van der Waals surface area (Å²) in [6.45, 7) is 3.81. The fraction of sp³-hybridized carbons (Fsp3) is 0.348. The van der Waals surface area contributed by atoms with Gasteiger partial charge in [0.15, 0.2) is 0 Å². The smallest absolute Gasteiger partial charge is 0.252 e. The van der Waals surface area contributed by atoms with Crippen LogP contribution in [0.4, 0.5) is 5.69 Å². The van der Waals surface area contributed by atoms with Crippen molar-refractivity contribution in [3.63, 3.8) is 0 Å². The molecule has 0 saturated carbocycles. The molecule has 30 heavy (non-hydrogen) atoms. The van der Waals surface area contributed by atoms with Crippen molar-refractivity contribution in [3.05, 3.63) is 64.6 Å². The van der Waals surface area contributed by atoms with E-state index in [1.165, 1.54) is 0 Å². The molecule has 0 N–H and O–H groups in total. The number of ether oxygens (including phenoxy) is 2.